The molecule has 33 heavy (non-hydrogen) atoms. The number of carboxylic acids is 1. The van der Waals surface area contributed by atoms with Gasteiger partial charge in [-0.05, 0) is 48.1 Å². The van der Waals surface area contributed by atoms with Crippen molar-refractivity contribution in [3.8, 4) is 0 Å². The summed E-state index contributed by atoms with van der Waals surface area (Å²) in [5, 5.41) is 11.7. The van der Waals surface area contributed by atoms with E-state index in [1.165, 1.54) is 11.0 Å². The van der Waals surface area contributed by atoms with Crippen LogP contribution >= 0.6 is 0 Å². The van der Waals surface area contributed by atoms with Crippen LogP contribution in [0.4, 0.5) is 8.78 Å². The van der Waals surface area contributed by atoms with Crippen molar-refractivity contribution in [1.29, 1.82) is 0 Å². The second-order valence-electron chi connectivity index (χ2n) is 8.27. The highest BCUT2D eigenvalue weighted by atomic mass is 19.2. The van der Waals surface area contributed by atoms with E-state index >= 15 is 0 Å². The van der Waals surface area contributed by atoms with E-state index in [4.69, 9.17) is 10.8 Å². The SMILES string of the molecule is N[C@@H](CC(=O)N1CCC[C@H]1C(=O)NCc1ccc(CC(=O)O)cc1)Cc1ccc(F)c(F)c1. The van der Waals surface area contributed by atoms with Gasteiger partial charge in [0, 0.05) is 25.6 Å². The van der Waals surface area contributed by atoms with Gasteiger partial charge in [0.05, 0.1) is 6.42 Å². The summed E-state index contributed by atoms with van der Waals surface area (Å²) in [6.45, 7) is 0.721. The fourth-order valence-electron chi connectivity index (χ4n) is 3.98. The summed E-state index contributed by atoms with van der Waals surface area (Å²) in [4.78, 5) is 37.8. The van der Waals surface area contributed by atoms with Crippen molar-refractivity contribution in [3.63, 3.8) is 0 Å². The number of nitrogens with zero attached hydrogens (tertiary/aromatic N) is 1. The number of hydrogen-bond donors (Lipinski definition) is 3. The molecule has 1 aliphatic rings. The Morgan fingerprint density at radius 3 is 2.39 bits per heavy atom. The highest BCUT2D eigenvalue weighted by molar-refractivity contribution is 5.88. The number of rotatable bonds is 9. The highest BCUT2D eigenvalue weighted by Gasteiger charge is 2.34. The largest absolute Gasteiger partial charge is 0.481 e. The number of likely N-dealkylation sites (tertiary alicyclic amines) is 1. The minimum Gasteiger partial charge on any atom is -0.481 e. The van der Waals surface area contributed by atoms with Crippen LogP contribution in [0.25, 0.3) is 0 Å². The highest BCUT2D eigenvalue weighted by Crippen LogP contribution is 2.20. The van der Waals surface area contributed by atoms with Gasteiger partial charge in [-0.2, -0.15) is 0 Å². The quantitative estimate of drug-likeness (QED) is 0.532. The number of aliphatic carboxylic acids is 1. The number of nitrogens with two attached hydrogens (primary N) is 1. The van der Waals surface area contributed by atoms with Crippen LogP contribution in [0.2, 0.25) is 0 Å². The van der Waals surface area contributed by atoms with Crippen molar-refractivity contribution in [2.75, 3.05) is 6.54 Å². The van der Waals surface area contributed by atoms with Crippen molar-refractivity contribution in [3.05, 3.63) is 70.8 Å². The zero-order valence-corrected chi connectivity index (χ0v) is 18.1. The molecule has 0 unspecified atom stereocenters. The molecule has 1 fully saturated rings. The lowest BCUT2D eigenvalue weighted by molar-refractivity contribution is -0.138. The average molecular weight is 459 g/mol. The number of carbonyl (C=O) groups excluding carboxylic acids is 2. The lowest BCUT2D eigenvalue weighted by Crippen LogP contribution is -2.47. The van der Waals surface area contributed by atoms with Crippen molar-refractivity contribution in [2.24, 2.45) is 5.73 Å². The average Bonchev–Trinajstić information content (AvgIpc) is 3.25. The molecular weight excluding hydrogens is 432 g/mol. The number of benzene rings is 2. The molecule has 1 aliphatic heterocycles. The summed E-state index contributed by atoms with van der Waals surface area (Å²) in [6.07, 6.45) is 1.39. The van der Waals surface area contributed by atoms with Crippen LogP contribution in [-0.2, 0) is 33.8 Å². The molecule has 2 atom stereocenters. The van der Waals surface area contributed by atoms with Crippen LogP contribution in [0.1, 0.15) is 36.0 Å². The van der Waals surface area contributed by atoms with E-state index < -0.39 is 29.7 Å². The van der Waals surface area contributed by atoms with Gasteiger partial charge in [0.15, 0.2) is 11.6 Å². The Hall–Kier alpha value is -3.33. The van der Waals surface area contributed by atoms with Crippen LogP contribution in [0.3, 0.4) is 0 Å². The third-order valence-corrected chi connectivity index (χ3v) is 5.64. The van der Waals surface area contributed by atoms with Gasteiger partial charge >= 0.3 is 5.97 Å². The monoisotopic (exact) mass is 459 g/mol. The van der Waals surface area contributed by atoms with Gasteiger partial charge in [0.25, 0.3) is 0 Å². The van der Waals surface area contributed by atoms with Gasteiger partial charge in [-0.25, -0.2) is 8.78 Å². The second kappa shape index (κ2) is 11.0. The van der Waals surface area contributed by atoms with E-state index in [-0.39, 0.29) is 37.6 Å². The molecule has 0 radical (unpaired) electrons. The summed E-state index contributed by atoms with van der Waals surface area (Å²) in [5.41, 5.74) is 8.05. The molecule has 0 aromatic heterocycles. The Bertz CT molecular complexity index is 1010. The van der Waals surface area contributed by atoms with E-state index in [1.807, 2.05) is 0 Å². The first-order valence-corrected chi connectivity index (χ1v) is 10.8. The first-order chi connectivity index (χ1) is 15.7. The Labute approximate surface area is 190 Å². The third-order valence-electron chi connectivity index (χ3n) is 5.64. The summed E-state index contributed by atoms with van der Waals surface area (Å²) < 4.78 is 26.5. The van der Waals surface area contributed by atoms with E-state index in [2.05, 4.69) is 5.32 Å². The molecule has 0 bridgehead atoms. The zero-order chi connectivity index (χ0) is 24.0. The summed E-state index contributed by atoms with van der Waals surface area (Å²) in [7, 11) is 0. The summed E-state index contributed by atoms with van der Waals surface area (Å²) in [5.74, 6) is -3.32. The maximum atomic E-state index is 13.4. The van der Waals surface area contributed by atoms with Crippen LogP contribution in [0.5, 0.6) is 0 Å². The maximum Gasteiger partial charge on any atom is 0.307 e. The molecule has 1 saturated heterocycles. The molecule has 1 heterocycles. The first kappa shape index (κ1) is 24.3. The molecule has 2 amide bonds. The lowest BCUT2D eigenvalue weighted by atomic mass is 10.0. The Balaban J connectivity index is 1.51. The van der Waals surface area contributed by atoms with Gasteiger partial charge in [-0.3, -0.25) is 14.4 Å². The first-order valence-electron chi connectivity index (χ1n) is 10.8. The molecular formula is C24H27F2N3O4. The third kappa shape index (κ3) is 6.82. The molecule has 176 valence electrons. The number of hydrogen-bond acceptors (Lipinski definition) is 4. The molecule has 4 N–H and O–H groups in total. The lowest BCUT2D eigenvalue weighted by Gasteiger charge is -2.25. The number of amides is 2. The van der Waals surface area contributed by atoms with Crippen molar-refractivity contribution >= 4 is 17.8 Å². The minimum atomic E-state index is -0.959. The van der Waals surface area contributed by atoms with E-state index in [0.717, 1.165) is 17.7 Å². The molecule has 0 aliphatic carbocycles. The van der Waals surface area contributed by atoms with Gasteiger partial charge in [0.2, 0.25) is 11.8 Å². The fraction of sp³-hybridized carbons (Fsp3) is 0.375. The predicted octanol–water partition coefficient (Wildman–Crippen LogP) is 2.16. The minimum absolute atomic E-state index is 0.00614. The number of halogens is 2. The van der Waals surface area contributed by atoms with Crippen LogP contribution < -0.4 is 11.1 Å². The number of carboxylic acid groups (broad SMARTS) is 1. The topological polar surface area (TPSA) is 113 Å². The summed E-state index contributed by atoms with van der Waals surface area (Å²) >= 11 is 0. The van der Waals surface area contributed by atoms with E-state index in [9.17, 15) is 23.2 Å². The van der Waals surface area contributed by atoms with E-state index in [0.29, 0.717) is 30.5 Å². The summed E-state index contributed by atoms with van der Waals surface area (Å²) in [6, 6.07) is 9.28. The van der Waals surface area contributed by atoms with Crippen LogP contribution in [0.15, 0.2) is 42.5 Å². The van der Waals surface area contributed by atoms with Crippen LogP contribution in [-0.4, -0.2) is 46.4 Å². The molecule has 0 saturated carbocycles. The smallest absolute Gasteiger partial charge is 0.307 e. The molecule has 0 spiro atoms. The van der Waals surface area contributed by atoms with Crippen molar-refractivity contribution in [1.82, 2.24) is 10.2 Å². The van der Waals surface area contributed by atoms with Crippen molar-refractivity contribution < 1.29 is 28.3 Å². The molecule has 2 aromatic rings. The Morgan fingerprint density at radius 1 is 1.06 bits per heavy atom. The maximum absolute atomic E-state index is 13.4. The van der Waals surface area contributed by atoms with Crippen molar-refractivity contribution in [2.45, 2.75) is 50.7 Å². The van der Waals surface area contributed by atoms with E-state index in [1.54, 1.807) is 24.3 Å². The Morgan fingerprint density at radius 2 is 1.73 bits per heavy atom. The van der Waals surface area contributed by atoms with Gasteiger partial charge < -0.3 is 21.1 Å². The number of carbonyl (C=O) groups is 3. The van der Waals surface area contributed by atoms with Crippen LogP contribution in [0, 0.1) is 11.6 Å². The Kier molecular flexibility index (Phi) is 8.11. The standard InChI is InChI=1S/C24H27F2N3O4/c25-19-8-7-17(11-20(19)26)10-18(27)13-22(30)29-9-1-2-21(29)24(33)28-14-16-5-3-15(4-6-16)12-23(31)32/h3-8,11,18,21H,1-2,9-10,12-14,27H2,(H,28,33)(H,31,32)/t18-,21+/m1/s1. The predicted molar refractivity (Wildman–Crippen MR) is 117 cm³/mol. The second-order valence-corrected chi connectivity index (χ2v) is 8.27. The zero-order valence-electron chi connectivity index (χ0n) is 18.1. The fourth-order valence-corrected chi connectivity index (χ4v) is 3.98. The normalized spacial score (nSPS) is 16.5. The molecule has 2 aromatic carbocycles. The number of nitrogens with one attached hydrogen (secondary N) is 1. The molecule has 9 heteroatoms. The van der Waals surface area contributed by atoms with Gasteiger partial charge in [-0.1, -0.05) is 30.3 Å². The molecule has 7 nitrogen and oxygen atoms in total. The van der Waals surface area contributed by atoms with Gasteiger partial charge in [-0.15, -0.1) is 0 Å². The van der Waals surface area contributed by atoms with Gasteiger partial charge in [0.1, 0.15) is 6.04 Å². The molecule has 3 rings (SSSR count).